The Morgan fingerprint density at radius 3 is 2.29 bits per heavy atom. The summed E-state index contributed by atoms with van der Waals surface area (Å²) in [5.74, 6) is -0.590. The maximum Gasteiger partial charge on any atom is 0.273 e. The molecule has 13 heteroatoms. The summed E-state index contributed by atoms with van der Waals surface area (Å²) in [6.07, 6.45) is 0. The molecular weight excluding hydrogens is 628 g/mol. The lowest BCUT2D eigenvalue weighted by molar-refractivity contribution is -0.385. The normalized spacial score (nSPS) is 12.0. The smallest absolute Gasteiger partial charge is 0.273 e. The van der Waals surface area contributed by atoms with Crippen LogP contribution in [0.25, 0.3) is 0 Å². The quantitative estimate of drug-likeness (QED) is 0.217. The largest absolute Gasteiger partial charge is 0.497 e. The lowest BCUT2D eigenvalue weighted by atomic mass is 10.1. The molecule has 0 aliphatic heterocycles. The van der Waals surface area contributed by atoms with Crippen LogP contribution in [-0.4, -0.2) is 55.8 Å². The number of nitrogens with one attached hydrogen (secondary N) is 1. The van der Waals surface area contributed by atoms with Crippen molar-refractivity contribution in [2.24, 2.45) is 0 Å². The summed E-state index contributed by atoms with van der Waals surface area (Å²) < 4.78 is 34.8. The van der Waals surface area contributed by atoms with Gasteiger partial charge in [0, 0.05) is 28.7 Å². The molecule has 224 valence electrons. The van der Waals surface area contributed by atoms with Gasteiger partial charge in [-0.25, -0.2) is 8.42 Å². The number of rotatable bonds is 12. The van der Waals surface area contributed by atoms with Gasteiger partial charge in [-0.1, -0.05) is 34.1 Å². The predicted molar refractivity (Wildman–Crippen MR) is 163 cm³/mol. The summed E-state index contributed by atoms with van der Waals surface area (Å²) in [7, 11) is -3.03. The summed E-state index contributed by atoms with van der Waals surface area (Å²) in [6, 6.07) is 15.7. The van der Waals surface area contributed by atoms with Crippen molar-refractivity contribution < 1.29 is 27.7 Å². The third-order valence-corrected chi connectivity index (χ3v) is 8.71. The SMILES string of the molecule is COc1ccc(N(CC(=O)N(Cc2cccc(Br)c2)[C@@H](C)C(=O)NC(C)C)S(=O)(=O)c2ccc(C)c([N+](=O)[O-])c2)cc1. The van der Waals surface area contributed by atoms with Crippen LogP contribution in [0.3, 0.4) is 0 Å². The van der Waals surface area contributed by atoms with E-state index >= 15 is 0 Å². The molecule has 1 atom stereocenters. The van der Waals surface area contributed by atoms with Crippen molar-refractivity contribution in [2.45, 2.75) is 51.2 Å². The Hall–Kier alpha value is -3.97. The number of carbonyl (C=O) groups is 2. The van der Waals surface area contributed by atoms with Crippen molar-refractivity contribution in [3.05, 3.63) is 92.4 Å². The van der Waals surface area contributed by atoms with E-state index in [1.54, 1.807) is 39.0 Å². The zero-order valence-corrected chi connectivity index (χ0v) is 26.3. The molecule has 0 saturated carbocycles. The van der Waals surface area contributed by atoms with Crippen molar-refractivity contribution >= 4 is 49.1 Å². The average molecular weight is 662 g/mol. The molecule has 0 saturated heterocycles. The second-order valence-electron chi connectivity index (χ2n) is 9.91. The number of hydrogen-bond acceptors (Lipinski definition) is 7. The zero-order valence-electron chi connectivity index (χ0n) is 23.9. The second kappa shape index (κ2) is 13.8. The van der Waals surface area contributed by atoms with Crippen LogP contribution >= 0.6 is 15.9 Å². The molecule has 0 aliphatic rings. The van der Waals surface area contributed by atoms with Crippen molar-refractivity contribution in [2.75, 3.05) is 18.0 Å². The highest BCUT2D eigenvalue weighted by Crippen LogP contribution is 2.29. The minimum Gasteiger partial charge on any atom is -0.497 e. The number of nitro benzene ring substituents is 1. The summed E-state index contributed by atoms with van der Waals surface area (Å²) in [6.45, 7) is 6.01. The van der Waals surface area contributed by atoms with E-state index in [9.17, 15) is 28.1 Å². The third kappa shape index (κ3) is 7.85. The Morgan fingerprint density at radius 2 is 1.71 bits per heavy atom. The van der Waals surface area contributed by atoms with E-state index in [0.717, 1.165) is 20.4 Å². The van der Waals surface area contributed by atoms with Crippen LogP contribution in [0, 0.1) is 17.0 Å². The highest BCUT2D eigenvalue weighted by Gasteiger charge is 2.33. The van der Waals surface area contributed by atoms with Crippen LogP contribution < -0.4 is 14.4 Å². The number of carbonyl (C=O) groups excluding carboxylic acids is 2. The number of anilines is 1. The summed E-state index contributed by atoms with van der Waals surface area (Å²) in [5.41, 5.74) is 0.771. The first-order chi connectivity index (χ1) is 19.7. The first-order valence-corrected chi connectivity index (χ1v) is 15.2. The van der Waals surface area contributed by atoms with Crippen LogP contribution in [-0.2, 0) is 26.2 Å². The molecule has 42 heavy (non-hydrogen) atoms. The van der Waals surface area contributed by atoms with Gasteiger partial charge in [0.2, 0.25) is 11.8 Å². The molecule has 0 bridgehead atoms. The fourth-order valence-corrected chi connectivity index (χ4v) is 6.05. The van der Waals surface area contributed by atoms with Gasteiger partial charge in [-0.15, -0.1) is 0 Å². The van der Waals surface area contributed by atoms with Gasteiger partial charge in [0.25, 0.3) is 15.7 Å². The van der Waals surface area contributed by atoms with E-state index in [4.69, 9.17) is 4.74 Å². The number of nitrogens with zero attached hydrogens (tertiary/aromatic N) is 3. The fourth-order valence-electron chi connectivity index (χ4n) is 4.17. The van der Waals surface area contributed by atoms with Crippen LogP contribution in [0.15, 0.2) is 76.1 Å². The molecule has 0 heterocycles. The highest BCUT2D eigenvalue weighted by molar-refractivity contribution is 9.10. The molecule has 0 aliphatic carbocycles. The highest BCUT2D eigenvalue weighted by atomic mass is 79.9. The van der Waals surface area contributed by atoms with Crippen molar-refractivity contribution in [1.82, 2.24) is 10.2 Å². The number of amides is 2. The molecule has 2 amide bonds. The predicted octanol–water partition coefficient (Wildman–Crippen LogP) is 4.81. The Labute approximate surface area is 253 Å². The van der Waals surface area contributed by atoms with Gasteiger partial charge in [0.15, 0.2) is 0 Å². The van der Waals surface area contributed by atoms with Crippen molar-refractivity contribution in [1.29, 1.82) is 0 Å². The van der Waals surface area contributed by atoms with E-state index in [1.165, 1.54) is 55.3 Å². The molecule has 0 spiro atoms. The number of ether oxygens (including phenoxy) is 1. The van der Waals surface area contributed by atoms with Crippen LogP contribution in [0.2, 0.25) is 0 Å². The van der Waals surface area contributed by atoms with Gasteiger partial charge in [-0.05, 0) is 75.7 Å². The Morgan fingerprint density at radius 1 is 1.05 bits per heavy atom. The van der Waals surface area contributed by atoms with Gasteiger partial charge in [0.05, 0.1) is 22.6 Å². The minimum atomic E-state index is -4.49. The molecule has 0 fully saturated rings. The number of benzene rings is 3. The minimum absolute atomic E-state index is 0.0253. The topological polar surface area (TPSA) is 139 Å². The number of halogens is 1. The van der Waals surface area contributed by atoms with E-state index in [0.29, 0.717) is 5.75 Å². The van der Waals surface area contributed by atoms with Gasteiger partial charge in [-0.3, -0.25) is 24.0 Å². The molecule has 3 rings (SSSR count). The zero-order chi connectivity index (χ0) is 31.2. The van der Waals surface area contributed by atoms with Gasteiger partial charge >= 0.3 is 0 Å². The number of methoxy groups -OCH3 is 1. The van der Waals surface area contributed by atoms with Gasteiger partial charge in [0.1, 0.15) is 18.3 Å². The molecule has 0 aromatic heterocycles. The molecule has 3 aromatic carbocycles. The lowest BCUT2D eigenvalue weighted by Gasteiger charge is -2.32. The maximum atomic E-state index is 14.0. The average Bonchev–Trinajstić information content (AvgIpc) is 2.93. The molecule has 1 N–H and O–H groups in total. The molecular formula is C29H33BrN4O7S. The molecule has 3 aromatic rings. The van der Waals surface area contributed by atoms with Crippen molar-refractivity contribution in [3.8, 4) is 5.75 Å². The first kappa shape index (κ1) is 32.5. The van der Waals surface area contributed by atoms with Crippen LogP contribution in [0.4, 0.5) is 11.4 Å². The standard InChI is InChI=1S/C29H33BrN4O7S/c1-19(2)31-29(36)21(4)32(17-22-7-6-8-23(30)15-22)28(35)18-33(24-10-12-25(41-5)13-11-24)42(39,40)26-14-9-20(3)27(16-26)34(37)38/h6-16,19,21H,17-18H2,1-5H3,(H,31,36)/t21-/m0/s1. The molecule has 11 nitrogen and oxygen atoms in total. The summed E-state index contributed by atoms with van der Waals surface area (Å²) in [5, 5.41) is 14.4. The number of aryl methyl sites for hydroxylation is 1. The van der Waals surface area contributed by atoms with Crippen LogP contribution in [0.1, 0.15) is 31.9 Å². The third-order valence-electron chi connectivity index (χ3n) is 6.44. The fraction of sp³-hybridized carbons (Fsp3) is 0.310. The van der Waals surface area contributed by atoms with Crippen LogP contribution in [0.5, 0.6) is 5.75 Å². The van der Waals surface area contributed by atoms with Gasteiger partial charge < -0.3 is 15.0 Å². The van der Waals surface area contributed by atoms with E-state index in [-0.39, 0.29) is 34.4 Å². The summed E-state index contributed by atoms with van der Waals surface area (Å²) in [4.78, 5) is 38.9. The number of hydrogen-bond donors (Lipinski definition) is 1. The Kier molecular flexibility index (Phi) is 10.7. The number of nitro groups is 1. The first-order valence-electron chi connectivity index (χ1n) is 13.0. The lowest BCUT2D eigenvalue weighted by Crippen LogP contribution is -2.52. The molecule has 0 radical (unpaired) electrons. The van der Waals surface area contributed by atoms with Crippen molar-refractivity contribution in [3.63, 3.8) is 0 Å². The van der Waals surface area contributed by atoms with E-state index in [2.05, 4.69) is 21.2 Å². The second-order valence-corrected chi connectivity index (χ2v) is 12.7. The monoisotopic (exact) mass is 660 g/mol. The summed E-state index contributed by atoms with van der Waals surface area (Å²) >= 11 is 3.41. The van der Waals surface area contributed by atoms with Gasteiger partial charge in [-0.2, -0.15) is 0 Å². The Bertz CT molecular complexity index is 1560. The maximum absolute atomic E-state index is 14.0. The molecule has 0 unspecified atom stereocenters. The Balaban J connectivity index is 2.10. The van der Waals surface area contributed by atoms with E-state index < -0.39 is 39.3 Å². The van der Waals surface area contributed by atoms with E-state index in [1.807, 2.05) is 6.07 Å². The number of sulfonamides is 1.